The van der Waals surface area contributed by atoms with E-state index in [9.17, 15) is 17.6 Å². The van der Waals surface area contributed by atoms with Crippen LogP contribution >= 0.6 is 0 Å². The Bertz CT molecular complexity index is 806. The lowest BCUT2D eigenvalue weighted by Gasteiger charge is -2.10. The van der Waals surface area contributed by atoms with E-state index in [0.717, 1.165) is 18.2 Å². The summed E-state index contributed by atoms with van der Waals surface area (Å²) in [7, 11) is -4.03. The zero-order valence-corrected chi connectivity index (χ0v) is 11.7. The number of aromatic carboxylic acids is 1. The molecule has 0 amide bonds. The molecule has 2 aromatic rings. The van der Waals surface area contributed by atoms with Gasteiger partial charge in [0, 0.05) is 6.20 Å². The van der Waals surface area contributed by atoms with Crippen molar-refractivity contribution in [3.63, 3.8) is 0 Å². The highest BCUT2D eigenvalue weighted by Crippen LogP contribution is 2.20. The molecule has 2 rings (SSSR count). The summed E-state index contributed by atoms with van der Waals surface area (Å²) in [6.45, 7) is 1.69. The van der Waals surface area contributed by atoms with Gasteiger partial charge in [-0.15, -0.1) is 0 Å². The van der Waals surface area contributed by atoms with Gasteiger partial charge in [0.1, 0.15) is 5.82 Å². The summed E-state index contributed by atoms with van der Waals surface area (Å²) in [5, 5.41) is 8.82. The molecule has 0 aliphatic heterocycles. The molecule has 1 aromatic heterocycles. The van der Waals surface area contributed by atoms with Gasteiger partial charge in [-0.25, -0.2) is 17.6 Å². The van der Waals surface area contributed by atoms with Gasteiger partial charge < -0.3 is 5.11 Å². The van der Waals surface area contributed by atoms with Crippen LogP contribution in [-0.2, 0) is 10.0 Å². The first kappa shape index (κ1) is 14.9. The summed E-state index contributed by atoms with van der Waals surface area (Å²) in [5.74, 6) is -2.54. The van der Waals surface area contributed by atoms with E-state index in [2.05, 4.69) is 9.71 Å². The Labute approximate surface area is 120 Å². The minimum absolute atomic E-state index is 0.263. The van der Waals surface area contributed by atoms with Gasteiger partial charge in [0.15, 0.2) is 0 Å². The highest BCUT2D eigenvalue weighted by atomic mass is 32.2. The second-order valence-corrected chi connectivity index (χ2v) is 5.93. The van der Waals surface area contributed by atoms with Gasteiger partial charge in [-0.05, 0) is 36.8 Å². The zero-order chi connectivity index (χ0) is 15.6. The van der Waals surface area contributed by atoms with Crippen LogP contribution in [0, 0.1) is 12.7 Å². The average Bonchev–Trinajstić information content (AvgIpc) is 2.41. The number of rotatable bonds is 4. The van der Waals surface area contributed by atoms with Crippen molar-refractivity contribution in [1.82, 2.24) is 4.98 Å². The van der Waals surface area contributed by atoms with Gasteiger partial charge >= 0.3 is 5.97 Å². The number of aromatic nitrogens is 1. The van der Waals surface area contributed by atoms with E-state index in [1.165, 1.54) is 12.4 Å². The second kappa shape index (κ2) is 5.49. The number of pyridine rings is 1. The van der Waals surface area contributed by atoms with Crippen LogP contribution in [0.2, 0.25) is 0 Å². The summed E-state index contributed by atoms with van der Waals surface area (Å²) < 4.78 is 39.9. The fraction of sp³-hybridized carbons (Fsp3) is 0.0769. The van der Waals surface area contributed by atoms with Gasteiger partial charge in [0.25, 0.3) is 10.0 Å². The standard InChI is InChI=1S/C13H11FN2O4S/c1-8-4-5-15-7-12(8)16-21(19,20)9-2-3-11(14)10(6-9)13(17)18/h2-7,16H,1H3,(H,17,18). The topological polar surface area (TPSA) is 96.4 Å². The lowest BCUT2D eigenvalue weighted by atomic mass is 10.2. The van der Waals surface area contributed by atoms with Crippen LogP contribution < -0.4 is 4.72 Å². The third kappa shape index (κ3) is 3.16. The molecule has 0 spiro atoms. The molecule has 1 aromatic carbocycles. The van der Waals surface area contributed by atoms with Crippen molar-refractivity contribution in [2.75, 3.05) is 4.72 Å². The van der Waals surface area contributed by atoms with E-state index in [1.807, 2.05) is 0 Å². The first-order valence-corrected chi connectivity index (χ1v) is 7.26. The largest absolute Gasteiger partial charge is 0.478 e. The second-order valence-electron chi connectivity index (χ2n) is 4.24. The predicted molar refractivity (Wildman–Crippen MR) is 73.1 cm³/mol. The maximum absolute atomic E-state index is 13.3. The number of sulfonamides is 1. The van der Waals surface area contributed by atoms with Crippen LogP contribution in [0.3, 0.4) is 0 Å². The molecular weight excluding hydrogens is 299 g/mol. The van der Waals surface area contributed by atoms with Crippen LogP contribution in [0.5, 0.6) is 0 Å². The van der Waals surface area contributed by atoms with Crippen LogP contribution in [-0.4, -0.2) is 24.5 Å². The number of nitrogens with zero attached hydrogens (tertiary/aromatic N) is 1. The molecule has 6 nitrogen and oxygen atoms in total. The normalized spacial score (nSPS) is 11.1. The number of halogens is 1. The summed E-state index contributed by atoms with van der Waals surface area (Å²) in [6.07, 6.45) is 2.84. The molecule has 110 valence electrons. The number of aryl methyl sites for hydroxylation is 1. The smallest absolute Gasteiger partial charge is 0.338 e. The number of carboxylic acids is 1. The maximum Gasteiger partial charge on any atom is 0.338 e. The molecule has 0 radical (unpaired) electrons. The SMILES string of the molecule is Cc1ccncc1NS(=O)(=O)c1ccc(F)c(C(=O)O)c1. The summed E-state index contributed by atoms with van der Waals surface area (Å²) in [6, 6.07) is 4.18. The van der Waals surface area contributed by atoms with Crippen molar-refractivity contribution < 1.29 is 22.7 Å². The third-order valence-corrected chi connectivity index (χ3v) is 4.13. The molecule has 0 atom stereocenters. The number of benzene rings is 1. The summed E-state index contributed by atoms with van der Waals surface area (Å²) >= 11 is 0. The van der Waals surface area contributed by atoms with Gasteiger partial charge in [-0.2, -0.15) is 0 Å². The van der Waals surface area contributed by atoms with Gasteiger partial charge in [-0.3, -0.25) is 9.71 Å². The molecule has 0 aliphatic carbocycles. The van der Waals surface area contributed by atoms with E-state index in [4.69, 9.17) is 5.11 Å². The van der Waals surface area contributed by atoms with Crippen molar-refractivity contribution in [3.05, 3.63) is 53.6 Å². The van der Waals surface area contributed by atoms with Crippen molar-refractivity contribution in [3.8, 4) is 0 Å². The predicted octanol–water partition coefficient (Wildman–Crippen LogP) is 2.03. The Morgan fingerprint density at radius 1 is 1.33 bits per heavy atom. The quantitative estimate of drug-likeness (QED) is 0.900. The fourth-order valence-electron chi connectivity index (χ4n) is 1.61. The highest BCUT2D eigenvalue weighted by Gasteiger charge is 2.19. The first-order chi connectivity index (χ1) is 9.81. The monoisotopic (exact) mass is 310 g/mol. The van der Waals surface area contributed by atoms with Gasteiger partial charge in [-0.1, -0.05) is 0 Å². The van der Waals surface area contributed by atoms with E-state index in [-0.39, 0.29) is 10.6 Å². The van der Waals surface area contributed by atoms with E-state index in [0.29, 0.717) is 5.56 Å². The van der Waals surface area contributed by atoms with Crippen molar-refractivity contribution >= 4 is 21.7 Å². The van der Waals surface area contributed by atoms with Crippen molar-refractivity contribution in [2.45, 2.75) is 11.8 Å². The van der Waals surface area contributed by atoms with Crippen molar-refractivity contribution in [2.24, 2.45) is 0 Å². The molecule has 1 heterocycles. The number of carboxylic acid groups (broad SMARTS) is 1. The molecule has 8 heteroatoms. The lowest BCUT2D eigenvalue weighted by molar-refractivity contribution is 0.0691. The Kier molecular flexibility index (Phi) is 3.90. The fourth-order valence-corrected chi connectivity index (χ4v) is 2.75. The first-order valence-electron chi connectivity index (χ1n) is 5.77. The summed E-state index contributed by atoms with van der Waals surface area (Å²) in [4.78, 5) is 14.3. The molecule has 21 heavy (non-hydrogen) atoms. The molecule has 0 saturated heterocycles. The minimum atomic E-state index is -4.03. The number of carbonyl (C=O) groups is 1. The number of anilines is 1. The minimum Gasteiger partial charge on any atom is -0.478 e. The number of nitrogens with one attached hydrogen (secondary N) is 1. The van der Waals surface area contributed by atoms with Gasteiger partial charge in [0.2, 0.25) is 0 Å². The third-order valence-electron chi connectivity index (χ3n) is 2.76. The highest BCUT2D eigenvalue weighted by molar-refractivity contribution is 7.92. The molecule has 0 saturated carbocycles. The molecule has 0 unspecified atom stereocenters. The van der Waals surface area contributed by atoms with Crippen LogP contribution in [0.4, 0.5) is 10.1 Å². The van der Waals surface area contributed by atoms with Crippen molar-refractivity contribution in [1.29, 1.82) is 0 Å². The molecule has 0 bridgehead atoms. The van der Waals surface area contributed by atoms with E-state index >= 15 is 0 Å². The zero-order valence-electron chi connectivity index (χ0n) is 10.9. The van der Waals surface area contributed by atoms with Crippen LogP contribution in [0.15, 0.2) is 41.6 Å². The number of hydrogen-bond donors (Lipinski definition) is 2. The molecule has 0 aliphatic rings. The Hall–Kier alpha value is -2.48. The lowest BCUT2D eigenvalue weighted by Crippen LogP contribution is -2.15. The molecule has 0 fully saturated rings. The Morgan fingerprint density at radius 2 is 2.05 bits per heavy atom. The summed E-state index contributed by atoms with van der Waals surface area (Å²) in [5.41, 5.74) is 0.202. The number of hydrogen-bond acceptors (Lipinski definition) is 4. The Balaban J connectivity index is 2.43. The van der Waals surface area contributed by atoms with Gasteiger partial charge in [0.05, 0.1) is 22.3 Å². The average molecular weight is 310 g/mol. The molecule has 2 N–H and O–H groups in total. The Morgan fingerprint density at radius 3 is 2.67 bits per heavy atom. The van der Waals surface area contributed by atoms with Crippen LogP contribution in [0.1, 0.15) is 15.9 Å². The molecular formula is C13H11FN2O4S. The maximum atomic E-state index is 13.3. The van der Waals surface area contributed by atoms with Crippen LogP contribution in [0.25, 0.3) is 0 Å². The van der Waals surface area contributed by atoms with E-state index < -0.39 is 27.4 Å². The van der Waals surface area contributed by atoms with E-state index in [1.54, 1.807) is 13.0 Å².